The SMILES string of the molecule is COC(=O)c1cc(S(N)(=O)=O)ccc1N1CCC(C(=O)Nc2ccc(Cl)cn2)CC1. The van der Waals surface area contributed by atoms with Crippen LogP contribution < -0.4 is 15.4 Å². The second kappa shape index (κ2) is 8.99. The Kier molecular flexibility index (Phi) is 6.59. The van der Waals surface area contributed by atoms with Gasteiger partial charge in [0.1, 0.15) is 5.82 Å². The van der Waals surface area contributed by atoms with Gasteiger partial charge in [0.05, 0.1) is 28.3 Å². The van der Waals surface area contributed by atoms with Crippen LogP contribution in [-0.4, -0.2) is 45.5 Å². The monoisotopic (exact) mass is 452 g/mol. The molecule has 11 heteroatoms. The highest BCUT2D eigenvalue weighted by Gasteiger charge is 2.28. The van der Waals surface area contributed by atoms with Gasteiger partial charge in [-0.1, -0.05) is 11.6 Å². The van der Waals surface area contributed by atoms with Gasteiger partial charge in [-0.3, -0.25) is 4.79 Å². The first-order valence-corrected chi connectivity index (χ1v) is 11.0. The molecule has 3 N–H and O–H groups in total. The number of carbonyl (C=O) groups is 2. The zero-order chi connectivity index (χ0) is 21.9. The van der Waals surface area contributed by atoms with Crippen molar-refractivity contribution >= 4 is 45.0 Å². The van der Waals surface area contributed by atoms with Crippen molar-refractivity contribution in [2.45, 2.75) is 17.7 Å². The van der Waals surface area contributed by atoms with Gasteiger partial charge in [0.25, 0.3) is 0 Å². The van der Waals surface area contributed by atoms with E-state index in [0.717, 1.165) is 0 Å². The molecule has 0 aliphatic carbocycles. The third-order valence-corrected chi connectivity index (χ3v) is 6.02. The van der Waals surface area contributed by atoms with Crippen molar-refractivity contribution in [1.29, 1.82) is 0 Å². The standard InChI is InChI=1S/C19H21ClN4O5S/c1-29-19(26)15-10-14(30(21,27)28)3-4-16(15)24-8-6-12(7-9-24)18(25)23-17-5-2-13(20)11-22-17/h2-5,10-12H,6-9H2,1H3,(H2,21,27,28)(H,22,23,25). The Hall–Kier alpha value is -2.69. The Bertz CT molecular complexity index is 1050. The summed E-state index contributed by atoms with van der Waals surface area (Å²) in [4.78, 5) is 30.5. The molecule has 2 heterocycles. The van der Waals surface area contributed by atoms with Crippen molar-refractivity contribution in [3.63, 3.8) is 0 Å². The van der Waals surface area contributed by atoms with Crippen molar-refractivity contribution in [2.75, 3.05) is 30.4 Å². The van der Waals surface area contributed by atoms with E-state index in [1.807, 2.05) is 4.90 Å². The van der Waals surface area contributed by atoms with Crippen LogP contribution in [0.2, 0.25) is 5.02 Å². The fraction of sp³-hybridized carbons (Fsp3) is 0.316. The summed E-state index contributed by atoms with van der Waals surface area (Å²) in [6.07, 6.45) is 2.56. The number of halogens is 1. The number of nitrogens with two attached hydrogens (primary N) is 1. The van der Waals surface area contributed by atoms with E-state index in [-0.39, 0.29) is 22.3 Å². The lowest BCUT2D eigenvalue weighted by Crippen LogP contribution is -2.39. The number of primary sulfonamides is 1. The lowest BCUT2D eigenvalue weighted by Gasteiger charge is -2.34. The summed E-state index contributed by atoms with van der Waals surface area (Å²) in [5.74, 6) is -0.589. The van der Waals surface area contributed by atoms with Gasteiger partial charge in [-0.25, -0.2) is 23.3 Å². The number of anilines is 2. The molecule has 0 saturated carbocycles. The first-order chi connectivity index (χ1) is 14.2. The molecule has 0 bridgehead atoms. The number of hydrogen-bond acceptors (Lipinski definition) is 7. The maximum absolute atomic E-state index is 12.5. The molecule has 1 aromatic heterocycles. The first-order valence-electron chi connectivity index (χ1n) is 9.11. The maximum Gasteiger partial charge on any atom is 0.340 e. The Balaban J connectivity index is 1.71. The number of hydrogen-bond donors (Lipinski definition) is 2. The van der Waals surface area contributed by atoms with Crippen LogP contribution >= 0.6 is 11.6 Å². The number of aromatic nitrogens is 1. The lowest BCUT2D eigenvalue weighted by molar-refractivity contribution is -0.120. The Labute approximate surface area is 179 Å². The number of esters is 1. The van der Waals surface area contributed by atoms with Gasteiger partial charge < -0.3 is 15.0 Å². The second-order valence-electron chi connectivity index (χ2n) is 6.83. The lowest BCUT2D eigenvalue weighted by atomic mass is 9.95. The molecule has 1 aliphatic heterocycles. The van der Waals surface area contributed by atoms with Crippen molar-refractivity contribution in [1.82, 2.24) is 4.98 Å². The molecule has 30 heavy (non-hydrogen) atoms. The topological polar surface area (TPSA) is 132 Å². The molecule has 1 fully saturated rings. The van der Waals surface area contributed by atoms with Crippen LogP contribution in [0.5, 0.6) is 0 Å². The summed E-state index contributed by atoms with van der Waals surface area (Å²) in [6, 6.07) is 7.37. The van der Waals surface area contributed by atoms with E-state index in [0.29, 0.717) is 42.5 Å². The molecule has 1 amide bonds. The van der Waals surface area contributed by atoms with Gasteiger partial charge in [-0.15, -0.1) is 0 Å². The highest BCUT2D eigenvalue weighted by molar-refractivity contribution is 7.89. The normalized spacial score (nSPS) is 15.0. The number of amides is 1. The first kappa shape index (κ1) is 22.0. The molecule has 3 rings (SSSR count). The average molecular weight is 453 g/mol. The summed E-state index contributed by atoms with van der Waals surface area (Å²) in [7, 11) is -2.74. The Morgan fingerprint density at radius 1 is 1.23 bits per heavy atom. The van der Waals surface area contributed by atoms with E-state index < -0.39 is 16.0 Å². The number of rotatable bonds is 5. The maximum atomic E-state index is 12.5. The quantitative estimate of drug-likeness (QED) is 0.663. The Morgan fingerprint density at radius 3 is 2.50 bits per heavy atom. The van der Waals surface area contributed by atoms with Crippen molar-refractivity contribution < 1.29 is 22.7 Å². The highest BCUT2D eigenvalue weighted by atomic mass is 35.5. The minimum Gasteiger partial charge on any atom is -0.465 e. The molecule has 0 spiro atoms. The van der Waals surface area contributed by atoms with Crippen molar-refractivity contribution in [3.05, 3.63) is 47.1 Å². The van der Waals surface area contributed by atoms with Crippen molar-refractivity contribution in [3.8, 4) is 0 Å². The predicted octanol–water partition coefficient (Wildman–Crippen LogP) is 2.02. The fourth-order valence-corrected chi connectivity index (χ4v) is 3.95. The van der Waals surface area contributed by atoms with E-state index in [2.05, 4.69) is 10.3 Å². The number of pyridine rings is 1. The summed E-state index contributed by atoms with van der Waals surface area (Å²) < 4.78 is 28.0. The number of nitrogens with one attached hydrogen (secondary N) is 1. The number of sulfonamides is 1. The zero-order valence-corrected chi connectivity index (χ0v) is 17.7. The zero-order valence-electron chi connectivity index (χ0n) is 16.2. The van der Waals surface area contributed by atoms with E-state index >= 15 is 0 Å². The van der Waals surface area contributed by atoms with Crippen LogP contribution in [-0.2, 0) is 19.6 Å². The predicted molar refractivity (Wildman–Crippen MR) is 112 cm³/mol. The van der Waals surface area contributed by atoms with Crippen LogP contribution in [0.1, 0.15) is 23.2 Å². The number of nitrogens with zero attached hydrogens (tertiary/aromatic N) is 2. The van der Waals surface area contributed by atoms with Crippen LogP contribution in [0.3, 0.4) is 0 Å². The van der Waals surface area contributed by atoms with Crippen molar-refractivity contribution in [2.24, 2.45) is 11.1 Å². The molecule has 1 aliphatic rings. The summed E-state index contributed by atoms with van der Waals surface area (Å²) >= 11 is 5.80. The molecule has 2 aromatic rings. The number of ether oxygens (including phenoxy) is 1. The van der Waals surface area contributed by atoms with E-state index in [9.17, 15) is 18.0 Å². The average Bonchev–Trinajstić information content (AvgIpc) is 2.74. The Morgan fingerprint density at radius 2 is 1.93 bits per heavy atom. The van der Waals surface area contributed by atoms with Gasteiger partial charge in [0, 0.05) is 25.2 Å². The number of piperidine rings is 1. The molecule has 1 aromatic carbocycles. The molecular weight excluding hydrogens is 432 g/mol. The molecule has 9 nitrogen and oxygen atoms in total. The minimum absolute atomic E-state index is 0.109. The van der Waals surface area contributed by atoms with E-state index in [1.54, 1.807) is 12.1 Å². The van der Waals surface area contributed by atoms with Gasteiger partial charge >= 0.3 is 5.97 Å². The van der Waals surface area contributed by atoms with Gasteiger partial charge in [-0.05, 0) is 43.2 Å². The van der Waals surface area contributed by atoms with Crippen LogP contribution in [0, 0.1) is 5.92 Å². The molecule has 0 atom stereocenters. The number of carbonyl (C=O) groups excluding carboxylic acids is 2. The molecule has 0 radical (unpaired) electrons. The molecule has 1 saturated heterocycles. The smallest absolute Gasteiger partial charge is 0.340 e. The fourth-order valence-electron chi connectivity index (χ4n) is 3.30. The van der Waals surface area contributed by atoms with Crippen LogP contribution in [0.4, 0.5) is 11.5 Å². The largest absolute Gasteiger partial charge is 0.465 e. The molecule has 160 valence electrons. The van der Waals surface area contributed by atoms with Gasteiger partial charge in [0.2, 0.25) is 15.9 Å². The minimum atomic E-state index is -3.96. The van der Waals surface area contributed by atoms with E-state index in [1.165, 1.54) is 31.5 Å². The van der Waals surface area contributed by atoms with Gasteiger partial charge in [-0.2, -0.15) is 0 Å². The van der Waals surface area contributed by atoms with Crippen LogP contribution in [0.25, 0.3) is 0 Å². The third kappa shape index (κ3) is 5.07. The summed E-state index contributed by atoms with van der Waals surface area (Å²) in [5, 5.41) is 8.43. The third-order valence-electron chi connectivity index (χ3n) is 4.89. The second-order valence-corrected chi connectivity index (χ2v) is 8.83. The number of methoxy groups -OCH3 is 1. The number of benzene rings is 1. The highest BCUT2D eigenvalue weighted by Crippen LogP contribution is 2.29. The van der Waals surface area contributed by atoms with Crippen LogP contribution in [0.15, 0.2) is 41.4 Å². The molecular formula is C19H21ClN4O5S. The molecule has 0 unspecified atom stereocenters. The summed E-state index contributed by atoms with van der Waals surface area (Å²) in [6.45, 7) is 1.01. The van der Waals surface area contributed by atoms with E-state index in [4.69, 9.17) is 21.5 Å². The van der Waals surface area contributed by atoms with Gasteiger partial charge in [0.15, 0.2) is 0 Å². The summed E-state index contributed by atoms with van der Waals surface area (Å²) in [5.41, 5.74) is 0.643.